The fourth-order valence-electron chi connectivity index (χ4n) is 1.50. The number of hydrogen-bond acceptors (Lipinski definition) is 3. The topological polar surface area (TPSA) is 58.6 Å². The van der Waals surface area contributed by atoms with Crippen LogP contribution in [0.2, 0.25) is 0 Å². The third-order valence-electron chi connectivity index (χ3n) is 2.52. The molecule has 0 aliphatic carbocycles. The molecule has 94 valence electrons. The van der Waals surface area contributed by atoms with Crippen molar-refractivity contribution in [1.82, 2.24) is 5.32 Å². The van der Waals surface area contributed by atoms with Crippen molar-refractivity contribution in [2.24, 2.45) is 0 Å². The second-order valence-corrected chi connectivity index (χ2v) is 3.85. The van der Waals surface area contributed by atoms with Crippen LogP contribution in [0.3, 0.4) is 0 Å². The van der Waals surface area contributed by atoms with E-state index in [0.717, 1.165) is 19.3 Å². The summed E-state index contributed by atoms with van der Waals surface area (Å²) < 4.78 is 4.95. The molecular weight excluding hydrogens is 218 g/mol. The highest BCUT2D eigenvalue weighted by Crippen LogP contribution is 2.23. The summed E-state index contributed by atoms with van der Waals surface area (Å²) in [5, 5.41) is 12.4. The average Bonchev–Trinajstić information content (AvgIpc) is 2.34. The molecule has 1 amide bonds. The maximum atomic E-state index is 11.7. The van der Waals surface area contributed by atoms with E-state index in [1.165, 1.54) is 13.2 Å². The maximum absolute atomic E-state index is 11.7. The van der Waals surface area contributed by atoms with Gasteiger partial charge in [0, 0.05) is 12.6 Å². The van der Waals surface area contributed by atoms with E-state index in [1.807, 2.05) is 0 Å². The number of benzene rings is 1. The minimum Gasteiger partial charge on any atom is -0.507 e. The van der Waals surface area contributed by atoms with E-state index >= 15 is 0 Å². The van der Waals surface area contributed by atoms with Gasteiger partial charge in [0.2, 0.25) is 0 Å². The Kier molecular flexibility index (Phi) is 5.33. The van der Waals surface area contributed by atoms with Crippen molar-refractivity contribution in [1.29, 1.82) is 0 Å². The second kappa shape index (κ2) is 6.78. The molecule has 17 heavy (non-hydrogen) atoms. The standard InChI is InChI=1S/C13H19NO3/c1-3-4-5-8-14-13(16)11-7-6-10(17-2)9-12(11)15/h6-7,9,15H,3-5,8H2,1-2H3,(H,14,16). The van der Waals surface area contributed by atoms with Crippen LogP contribution >= 0.6 is 0 Å². The van der Waals surface area contributed by atoms with Gasteiger partial charge in [-0.15, -0.1) is 0 Å². The Bertz CT molecular complexity index is 377. The van der Waals surface area contributed by atoms with Gasteiger partial charge >= 0.3 is 0 Å². The summed E-state index contributed by atoms with van der Waals surface area (Å²) in [7, 11) is 1.51. The average molecular weight is 237 g/mol. The van der Waals surface area contributed by atoms with E-state index in [9.17, 15) is 9.90 Å². The molecule has 0 radical (unpaired) electrons. The lowest BCUT2D eigenvalue weighted by Gasteiger charge is -2.07. The Balaban J connectivity index is 2.57. The number of rotatable bonds is 6. The highest BCUT2D eigenvalue weighted by Gasteiger charge is 2.10. The maximum Gasteiger partial charge on any atom is 0.255 e. The van der Waals surface area contributed by atoms with Crippen LogP contribution < -0.4 is 10.1 Å². The van der Waals surface area contributed by atoms with Gasteiger partial charge in [0.25, 0.3) is 5.91 Å². The Morgan fingerprint density at radius 1 is 1.41 bits per heavy atom. The molecular formula is C13H19NO3. The van der Waals surface area contributed by atoms with E-state index < -0.39 is 0 Å². The Morgan fingerprint density at radius 3 is 2.76 bits per heavy atom. The summed E-state index contributed by atoms with van der Waals surface area (Å²) in [6.45, 7) is 2.75. The predicted octanol–water partition coefficient (Wildman–Crippen LogP) is 2.32. The first-order chi connectivity index (χ1) is 8.19. The highest BCUT2D eigenvalue weighted by atomic mass is 16.5. The molecule has 0 heterocycles. The lowest BCUT2D eigenvalue weighted by Crippen LogP contribution is -2.24. The molecule has 0 aliphatic rings. The van der Waals surface area contributed by atoms with Crippen molar-refractivity contribution < 1.29 is 14.6 Å². The number of amides is 1. The molecule has 1 aromatic carbocycles. The van der Waals surface area contributed by atoms with Crippen LogP contribution in [-0.4, -0.2) is 24.7 Å². The van der Waals surface area contributed by atoms with E-state index in [4.69, 9.17) is 4.74 Å². The molecule has 0 fully saturated rings. The van der Waals surface area contributed by atoms with Crippen LogP contribution in [0.15, 0.2) is 18.2 Å². The molecule has 4 nitrogen and oxygen atoms in total. The number of nitrogens with one attached hydrogen (secondary N) is 1. The van der Waals surface area contributed by atoms with Gasteiger partial charge in [0.1, 0.15) is 11.5 Å². The number of ether oxygens (including phenoxy) is 1. The minimum atomic E-state index is -0.249. The summed E-state index contributed by atoms with van der Waals surface area (Å²) >= 11 is 0. The number of hydrogen-bond donors (Lipinski definition) is 2. The van der Waals surface area contributed by atoms with Crippen LogP contribution in [0.5, 0.6) is 11.5 Å². The number of unbranched alkanes of at least 4 members (excludes halogenated alkanes) is 2. The quantitative estimate of drug-likeness (QED) is 0.746. The fourth-order valence-corrected chi connectivity index (χ4v) is 1.50. The number of methoxy groups -OCH3 is 1. The van der Waals surface area contributed by atoms with Gasteiger partial charge in [0.15, 0.2) is 0 Å². The van der Waals surface area contributed by atoms with Crippen LogP contribution in [0.4, 0.5) is 0 Å². The van der Waals surface area contributed by atoms with Crippen molar-refractivity contribution in [3.05, 3.63) is 23.8 Å². The van der Waals surface area contributed by atoms with E-state index in [0.29, 0.717) is 12.3 Å². The smallest absolute Gasteiger partial charge is 0.255 e. The molecule has 0 atom stereocenters. The largest absolute Gasteiger partial charge is 0.507 e. The Hall–Kier alpha value is -1.71. The third kappa shape index (κ3) is 3.98. The predicted molar refractivity (Wildman–Crippen MR) is 66.5 cm³/mol. The second-order valence-electron chi connectivity index (χ2n) is 3.85. The van der Waals surface area contributed by atoms with Crippen LogP contribution in [0.1, 0.15) is 36.5 Å². The van der Waals surface area contributed by atoms with Crippen molar-refractivity contribution in [2.75, 3.05) is 13.7 Å². The lowest BCUT2D eigenvalue weighted by molar-refractivity contribution is 0.0950. The number of phenols is 1. The third-order valence-corrected chi connectivity index (χ3v) is 2.52. The Morgan fingerprint density at radius 2 is 2.18 bits per heavy atom. The van der Waals surface area contributed by atoms with Crippen LogP contribution in [0.25, 0.3) is 0 Å². The zero-order valence-corrected chi connectivity index (χ0v) is 10.3. The number of carbonyl (C=O) groups excluding carboxylic acids is 1. The van der Waals surface area contributed by atoms with Crippen molar-refractivity contribution >= 4 is 5.91 Å². The van der Waals surface area contributed by atoms with Crippen molar-refractivity contribution in [3.8, 4) is 11.5 Å². The van der Waals surface area contributed by atoms with Gasteiger partial charge < -0.3 is 15.2 Å². The van der Waals surface area contributed by atoms with E-state index in [-0.39, 0.29) is 17.2 Å². The van der Waals surface area contributed by atoms with E-state index in [2.05, 4.69) is 12.2 Å². The number of aromatic hydroxyl groups is 1. The molecule has 0 bridgehead atoms. The van der Waals surface area contributed by atoms with Gasteiger partial charge in [0.05, 0.1) is 12.7 Å². The SMILES string of the molecule is CCCCCNC(=O)c1ccc(OC)cc1O. The molecule has 0 unspecified atom stereocenters. The zero-order chi connectivity index (χ0) is 12.7. The fraction of sp³-hybridized carbons (Fsp3) is 0.462. The van der Waals surface area contributed by atoms with Crippen molar-refractivity contribution in [2.45, 2.75) is 26.2 Å². The van der Waals surface area contributed by atoms with Crippen molar-refractivity contribution in [3.63, 3.8) is 0 Å². The van der Waals surface area contributed by atoms with Gasteiger partial charge in [-0.05, 0) is 18.6 Å². The molecule has 0 aliphatic heterocycles. The summed E-state index contributed by atoms with van der Waals surface area (Å²) in [4.78, 5) is 11.7. The molecule has 0 saturated heterocycles. The van der Waals surface area contributed by atoms with Gasteiger partial charge in [-0.25, -0.2) is 0 Å². The normalized spacial score (nSPS) is 10.0. The molecule has 4 heteroatoms. The van der Waals surface area contributed by atoms with Crippen LogP contribution in [0, 0.1) is 0 Å². The van der Waals surface area contributed by atoms with Gasteiger partial charge in [-0.2, -0.15) is 0 Å². The lowest BCUT2D eigenvalue weighted by atomic mass is 10.1. The molecule has 1 rings (SSSR count). The molecule has 0 spiro atoms. The summed E-state index contributed by atoms with van der Waals surface area (Å²) in [5.41, 5.74) is 0.280. The number of carbonyl (C=O) groups is 1. The summed E-state index contributed by atoms with van der Waals surface area (Å²) in [6.07, 6.45) is 3.16. The summed E-state index contributed by atoms with van der Waals surface area (Å²) in [6, 6.07) is 4.64. The van der Waals surface area contributed by atoms with Crippen LogP contribution in [-0.2, 0) is 0 Å². The summed E-state index contributed by atoms with van der Waals surface area (Å²) in [5.74, 6) is 0.226. The van der Waals surface area contributed by atoms with E-state index in [1.54, 1.807) is 12.1 Å². The first kappa shape index (κ1) is 13.4. The first-order valence-corrected chi connectivity index (χ1v) is 5.84. The molecule has 1 aromatic rings. The van der Waals surface area contributed by atoms with Gasteiger partial charge in [-0.1, -0.05) is 19.8 Å². The van der Waals surface area contributed by atoms with Gasteiger partial charge in [-0.3, -0.25) is 4.79 Å². The molecule has 0 aromatic heterocycles. The highest BCUT2D eigenvalue weighted by molar-refractivity contribution is 5.96. The minimum absolute atomic E-state index is 0.0580. The number of phenolic OH excluding ortho intramolecular Hbond substituents is 1. The zero-order valence-electron chi connectivity index (χ0n) is 10.3. The first-order valence-electron chi connectivity index (χ1n) is 5.84. The Labute approximate surface area is 102 Å². The molecule has 2 N–H and O–H groups in total. The monoisotopic (exact) mass is 237 g/mol. The molecule has 0 saturated carbocycles.